The Hall–Kier alpha value is -0.570. The highest BCUT2D eigenvalue weighted by Crippen LogP contribution is 2.34. The lowest BCUT2D eigenvalue weighted by molar-refractivity contribution is -0.158. The van der Waals surface area contributed by atoms with E-state index >= 15 is 0 Å². The lowest BCUT2D eigenvalue weighted by Crippen LogP contribution is -2.35. The molecule has 2 unspecified atom stereocenters. The van der Waals surface area contributed by atoms with E-state index in [4.69, 9.17) is 9.47 Å². The minimum absolute atomic E-state index is 0.0635. The predicted octanol–water partition coefficient (Wildman–Crippen LogP) is 2.78. The van der Waals surface area contributed by atoms with Gasteiger partial charge in [0.2, 0.25) is 0 Å². The molecule has 0 spiro atoms. The molecule has 1 aliphatic heterocycles. The van der Waals surface area contributed by atoms with Gasteiger partial charge < -0.3 is 9.47 Å². The number of ether oxygens (including phenoxy) is 2. The van der Waals surface area contributed by atoms with E-state index in [9.17, 15) is 4.79 Å². The van der Waals surface area contributed by atoms with Crippen molar-refractivity contribution in [3.8, 4) is 0 Å². The van der Waals surface area contributed by atoms with Crippen LogP contribution in [0.5, 0.6) is 0 Å². The van der Waals surface area contributed by atoms with Gasteiger partial charge in [0.15, 0.2) is 0 Å². The molecule has 1 saturated heterocycles. The maximum Gasteiger partial charge on any atom is 0.312 e. The molecule has 0 aliphatic carbocycles. The first-order valence-electron chi connectivity index (χ1n) is 6.29. The second kappa shape index (κ2) is 5.67. The molecule has 0 aromatic carbocycles. The molecule has 1 heterocycles. The predicted molar refractivity (Wildman–Crippen MR) is 63.2 cm³/mol. The second-order valence-electron chi connectivity index (χ2n) is 5.23. The fraction of sp³-hybridized carbons (Fsp3) is 0.923. The third kappa shape index (κ3) is 3.48. The Morgan fingerprint density at radius 2 is 2.19 bits per heavy atom. The van der Waals surface area contributed by atoms with Crippen LogP contribution < -0.4 is 0 Å². The molecule has 1 aliphatic rings. The molecule has 1 fully saturated rings. The summed E-state index contributed by atoms with van der Waals surface area (Å²) in [4.78, 5) is 12.1. The molecule has 3 nitrogen and oxygen atoms in total. The summed E-state index contributed by atoms with van der Waals surface area (Å²) in [6.45, 7) is 9.50. The van der Waals surface area contributed by atoms with E-state index < -0.39 is 0 Å². The maximum absolute atomic E-state index is 12.1. The minimum atomic E-state index is -0.342. The molecule has 1 rings (SSSR count). The van der Waals surface area contributed by atoms with Crippen molar-refractivity contribution in [3.05, 3.63) is 0 Å². The number of epoxide rings is 1. The molecular weight excluding hydrogens is 204 g/mol. The fourth-order valence-electron chi connectivity index (χ4n) is 1.67. The summed E-state index contributed by atoms with van der Waals surface area (Å²) in [7, 11) is 0. The van der Waals surface area contributed by atoms with Crippen LogP contribution >= 0.6 is 0 Å². The third-order valence-electron chi connectivity index (χ3n) is 3.59. The molecule has 0 radical (unpaired) electrons. The first-order chi connectivity index (χ1) is 7.50. The van der Waals surface area contributed by atoms with Gasteiger partial charge in [-0.05, 0) is 19.3 Å². The maximum atomic E-state index is 12.1. The summed E-state index contributed by atoms with van der Waals surface area (Å²) < 4.78 is 10.4. The Kier molecular flexibility index (Phi) is 4.78. The highest BCUT2D eigenvalue weighted by atomic mass is 16.6. The van der Waals surface area contributed by atoms with Gasteiger partial charge in [-0.25, -0.2) is 0 Å². The van der Waals surface area contributed by atoms with E-state index in [1.165, 1.54) is 0 Å². The van der Waals surface area contributed by atoms with Crippen LogP contribution in [0.1, 0.15) is 47.0 Å². The van der Waals surface area contributed by atoms with Gasteiger partial charge in [0.25, 0.3) is 0 Å². The van der Waals surface area contributed by atoms with Crippen LogP contribution in [0.2, 0.25) is 0 Å². The van der Waals surface area contributed by atoms with Crippen molar-refractivity contribution < 1.29 is 14.3 Å². The van der Waals surface area contributed by atoms with Crippen molar-refractivity contribution in [1.82, 2.24) is 0 Å². The van der Waals surface area contributed by atoms with E-state index in [1.54, 1.807) is 0 Å². The van der Waals surface area contributed by atoms with Gasteiger partial charge in [-0.3, -0.25) is 4.79 Å². The Bertz CT molecular complexity index is 233. The van der Waals surface area contributed by atoms with E-state index in [1.807, 2.05) is 6.92 Å². The lowest BCUT2D eigenvalue weighted by Gasteiger charge is -2.31. The van der Waals surface area contributed by atoms with Gasteiger partial charge in [0.05, 0.1) is 12.0 Å². The quantitative estimate of drug-likeness (QED) is 0.497. The number of esters is 1. The average molecular weight is 228 g/mol. The van der Waals surface area contributed by atoms with E-state index in [-0.39, 0.29) is 17.5 Å². The Morgan fingerprint density at radius 1 is 1.56 bits per heavy atom. The average Bonchev–Trinajstić information content (AvgIpc) is 3.05. The number of hydrogen-bond acceptors (Lipinski definition) is 3. The van der Waals surface area contributed by atoms with Crippen LogP contribution in [0.4, 0.5) is 0 Å². The number of hydrogen-bond donors (Lipinski definition) is 0. The first-order valence-corrected chi connectivity index (χ1v) is 6.29. The van der Waals surface area contributed by atoms with Gasteiger partial charge >= 0.3 is 5.97 Å². The largest absolute Gasteiger partial charge is 0.462 e. The van der Waals surface area contributed by atoms with Gasteiger partial charge in [-0.2, -0.15) is 0 Å². The summed E-state index contributed by atoms with van der Waals surface area (Å²) in [5.41, 5.74) is -0.342. The van der Waals surface area contributed by atoms with Crippen molar-refractivity contribution in [2.45, 2.75) is 53.1 Å². The molecule has 0 amide bonds. The second-order valence-corrected chi connectivity index (χ2v) is 5.23. The van der Waals surface area contributed by atoms with E-state index in [2.05, 4.69) is 20.8 Å². The highest BCUT2D eigenvalue weighted by molar-refractivity contribution is 5.76. The molecular formula is C13H24O3. The zero-order valence-electron chi connectivity index (χ0n) is 10.9. The molecule has 2 atom stereocenters. The van der Waals surface area contributed by atoms with Crippen molar-refractivity contribution in [1.29, 1.82) is 0 Å². The number of unbranched alkanes of at least 4 members (excludes halogenated alkanes) is 1. The number of carbonyl (C=O) groups is 1. The summed E-state index contributed by atoms with van der Waals surface area (Å²) >= 11 is 0. The monoisotopic (exact) mass is 228 g/mol. The third-order valence-corrected chi connectivity index (χ3v) is 3.59. The summed E-state index contributed by atoms with van der Waals surface area (Å²) in [5.74, 6) is 0.248. The molecule has 16 heavy (non-hydrogen) atoms. The molecule has 0 bridgehead atoms. The Labute approximate surface area is 98.5 Å². The van der Waals surface area contributed by atoms with E-state index in [0.717, 1.165) is 25.9 Å². The Balaban J connectivity index is 2.48. The van der Waals surface area contributed by atoms with Gasteiger partial charge in [-0.1, -0.05) is 33.6 Å². The summed E-state index contributed by atoms with van der Waals surface area (Å²) in [6.07, 6.45) is 3.25. The van der Waals surface area contributed by atoms with Crippen molar-refractivity contribution in [3.63, 3.8) is 0 Å². The van der Waals surface area contributed by atoms with Crippen molar-refractivity contribution in [2.75, 3.05) is 13.2 Å². The lowest BCUT2D eigenvalue weighted by atomic mass is 9.75. The Morgan fingerprint density at radius 3 is 2.62 bits per heavy atom. The zero-order chi connectivity index (χ0) is 12.2. The number of carbonyl (C=O) groups excluding carboxylic acids is 1. The van der Waals surface area contributed by atoms with Gasteiger partial charge in [0.1, 0.15) is 12.7 Å². The minimum Gasteiger partial charge on any atom is -0.462 e. The smallest absolute Gasteiger partial charge is 0.312 e. The topological polar surface area (TPSA) is 38.8 Å². The van der Waals surface area contributed by atoms with Crippen LogP contribution in [0, 0.1) is 11.3 Å². The summed E-state index contributed by atoms with van der Waals surface area (Å²) in [6, 6.07) is 0. The first kappa shape index (κ1) is 13.5. The molecule has 3 heteroatoms. The van der Waals surface area contributed by atoms with Gasteiger partial charge in [-0.15, -0.1) is 0 Å². The van der Waals surface area contributed by atoms with Crippen LogP contribution in [-0.2, 0) is 14.3 Å². The van der Waals surface area contributed by atoms with Crippen molar-refractivity contribution >= 4 is 5.97 Å². The van der Waals surface area contributed by atoms with Crippen LogP contribution in [-0.4, -0.2) is 25.3 Å². The SMILES string of the molecule is CCCCC(C)(C(=O)OCC1CO1)C(C)C. The van der Waals surface area contributed by atoms with E-state index in [0.29, 0.717) is 12.5 Å². The standard InChI is InChI=1S/C13H24O3/c1-5-6-7-13(4,10(2)3)12(14)16-9-11-8-15-11/h10-11H,5-9H2,1-4H3. The fourth-order valence-corrected chi connectivity index (χ4v) is 1.67. The normalized spacial score (nSPS) is 22.9. The molecule has 0 N–H and O–H groups in total. The van der Waals surface area contributed by atoms with Crippen LogP contribution in [0.15, 0.2) is 0 Å². The summed E-state index contributed by atoms with van der Waals surface area (Å²) in [5, 5.41) is 0. The van der Waals surface area contributed by atoms with Crippen LogP contribution in [0.3, 0.4) is 0 Å². The molecule has 0 aromatic heterocycles. The highest BCUT2D eigenvalue weighted by Gasteiger charge is 2.38. The van der Waals surface area contributed by atoms with Crippen molar-refractivity contribution in [2.24, 2.45) is 11.3 Å². The number of rotatable bonds is 7. The molecule has 0 aromatic rings. The molecule has 94 valence electrons. The molecule has 0 saturated carbocycles. The zero-order valence-corrected chi connectivity index (χ0v) is 10.9. The van der Waals surface area contributed by atoms with Crippen LogP contribution in [0.25, 0.3) is 0 Å². The van der Waals surface area contributed by atoms with Gasteiger partial charge in [0, 0.05) is 0 Å².